The summed E-state index contributed by atoms with van der Waals surface area (Å²) < 4.78 is 6.50. The normalized spacial score (nSPS) is 9.95. The number of hydrogen-bond acceptors (Lipinski definition) is 4. The third-order valence-corrected chi connectivity index (χ3v) is 2.57. The Morgan fingerprint density at radius 3 is 2.89 bits per heavy atom. The average molecular weight is 276 g/mol. The molecular weight excluding hydrogens is 264 g/mol. The van der Waals surface area contributed by atoms with Gasteiger partial charge in [0.2, 0.25) is 0 Å². The molecule has 0 unspecified atom stereocenters. The summed E-state index contributed by atoms with van der Waals surface area (Å²) in [7, 11) is 1.32. The summed E-state index contributed by atoms with van der Waals surface area (Å²) in [5.41, 5.74) is 7.13. The minimum atomic E-state index is -0.462. The van der Waals surface area contributed by atoms with Gasteiger partial charge in [-0.25, -0.2) is 9.78 Å². The lowest BCUT2D eigenvalue weighted by Gasteiger charge is -2.11. The molecule has 0 atom stereocenters. The lowest BCUT2D eigenvalue weighted by Crippen LogP contribution is -2.21. The number of ether oxygens (including phenoxy) is 1. The molecule has 0 amide bonds. The van der Waals surface area contributed by atoms with Crippen LogP contribution in [0.1, 0.15) is 10.4 Å². The van der Waals surface area contributed by atoms with E-state index in [1.54, 1.807) is 41.5 Å². The van der Waals surface area contributed by atoms with E-state index in [4.69, 9.17) is 22.7 Å². The zero-order valence-electron chi connectivity index (χ0n) is 10.2. The number of methoxy groups -OCH3 is 1. The van der Waals surface area contributed by atoms with Gasteiger partial charge in [0.25, 0.3) is 0 Å². The monoisotopic (exact) mass is 276 g/mol. The Bertz CT molecular complexity index is 610. The van der Waals surface area contributed by atoms with E-state index in [2.05, 4.69) is 10.3 Å². The number of carbonyl (C=O) groups excluding carboxylic acids is 1. The fourth-order valence-electron chi connectivity index (χ4n) is 1.63. The number of nitrogens with zero attached hydrogens (tertiary/aromatic N) is 2. The number of carbonyl (C=O) groups is 1. The van der Waals surface area contributed by atoms with Crippen molar-refractivity contribution < 1.29 is 9.53 Å². The second-order valence-corrected chi connectivity index (χ2v) is 4.12. The molecule has 2 rings (SSSR count). The Balaban J connectivity index is 2.47. The summed E-state index contributed by atoms with van der Waals surface area (Å²) in [6.45, 7) is 0. The van der Waals surface area contributed by atoms with Crippen molar-refractivity contribution in [2.24, 2.45) is 5.73 Å². The topological polar surface area (TPSA) is 82.2 Å². The van der Waals surface area contributed by atoms with Crippen LogP contribution in [0.2, 0.25) is 0 Å². The molecule has 7 heteroatoms. The first kappa shape index (κ1) is 13.0. The average Bonchev–Trinajstić information content (AvgIpc) is 2.91. The summed E-state index contributed by atoms with van der Waals surface area (Å²) in [4.78, 5) is 15.6. The molecule has 2 aromatic rings. The molecule has 0 saturated heterocycles. The molecule has 0 spiro atoms. The van der Waals surface area contributed by atoms with Crippen LogP contribution in [-0.2, 0) is 4.74 Å². The highest BCUT2D eigenvalue weighted by atomic mass is 32.1. The van der Waals surface area contributed by atoms with Crippen LogP contribution in [0.25, 0.3) is 5.69 Å². The molecular formula is C12H12N4O2S. The summed E-state index contributed by atoms with van der Waals surface area (Å²) in [5.74, 6) is -0.462. The van der Waals surface area contributed by atoms with Gasteiger partial charge in [0.15, 0.2) is 5.11 Å². The van der Waals surface area contributed by atoms with Gasteiger partial charge in [-0.05, 0) is 30.4 Å². The maximum Gasteiger partial charge on any atom is 0.339 e. The van der Waals surface area contributed by atoms with Crippen LogP contribution >= 0.6 is 12.2 Å². The maximum atomic E-state index is 11.6. The first-order valence-electron chi connectivity index (χ1n) is 5.39. The number of nitrogens with two attached hydrogens (primary N) is 1. The number of anilines is 1. The first-order chi connectivity index (χ1) is 9.11. The summed E-state index contributed by atoms with van der Waals surface area (Å²) in [6.07, 6.45) is 5.10. The van der Waals surface area contributed by atoms with Gasteiger partial charge >= 0.3 is 5.97 Å². The van der Waals surface area contributed by atoms with Crippen LogP contribution in [0.15, 0.2) is 36.9 Å². The molecule has 1 aromatic heterocycles. The third kappa shape index (κ3) is 2.89. The van der Waals surface area contributed by atoms with Crippen molar-refractivity contribution >= 4 is 29.0 Å². The highest BCUT2D eigenvalue weighted by Crippen LogP contribution is 2.21. The van der Waals surface area contributed by atoms with Crippen molar-refractivity contribution in [1.29, 1.82) is 0 Å². The SMILES string of the molecule is COC(=O)c1ccc(-n2ccnc2)cc1NC(N)=S. The fourth-order valence-corrected chi connectivity index (χ4v) is 1.74. The Morgan fingerprint density at radius 1 is 1.53 bits per heavy atom. The van der Waals surface area contributed by atoms with E-state index in [0.717, 1.165) is 5.69 Å². The van der Waals surface area contributed by atoms with Crippen LogP contribution in [-0.4, -0.2) is 27.7 Å². The zero-order valence-corrected chi connectivity index (χ0v) is 11.0. The molecule has 0 aliphatic rings. The first-order valence-corrected chi connectivity index (χ1v) is 5.80. The molecule has 19 heavy (non-hydrogen) atoms. The molecule has 0 aliphatic heterocycles. The molecule has 98 valence electrons. The van der Waals surface area contributed by atoms with Gasteiger partial charge in [-0.1, -0.05) is 0 Å². The van der Waals surface area contributed by atoms with E-state index in [9.17, 15) is 4.79 Å². The minimum absolute atomic E-state index is 0.0768. The number of rotatable bonds is 3. The molecule has 3 N–H and O–H groups in total. The highest BCUT2D eigenvalue weighted by Gasteiger charge is 2.13. The molecule has 0 radical (unpaired) electrons. The van der Waals surface area contributed by atoms with E-state index in [1.807, 2.05) is 0 Å². The van der Waals surface area contributed by atoms with Crippen molar-refractivity contribution in [1.82, 2.24) is 9.55 Å². The van der Waals surface area contributed by atoms with Crippen molar-refractivity contribution in [3.63, 3.8) is 0 Å². The zero-order chi connectivity index (χ0) is 13.8. The van der Waals surface area contributed by atoms with E-state index >= 15 is 0 Å². The quantitative estimate of drug-likeness (QED) is 0.650. The smallest absolute Gasteiger partial charge is 0.339 e. The number of thiocarbonyl (C=S) groups is 1. The Labute approximate surface area is 115 Å². The van der Waals surface area contributed by atoms with Gasteiger partial charge < -0.3 is 20.4 Å². The van der Waals surface area contributed by atoms with Crippen molar-refractivity contribution in [3.05, 3.63) is 42.5 Å². The van der Waals surface area contributed by atoms with Crippen molar-refractivity contribution in [2.75, 3.05) is 12.4 Å². The summed E-state index contributed by atoms with van der Waals surface area (Å²) in [5, 5.41) is 2.84. The molecule has 0 saturated carbocycles. The second kappa shape index (κ2) is 5.49. The minimum Gasteiger partial charge on any atom is -0.465 e. The molecule has 0 bridgehead atoms. The molecule has 6 nitrogen and oxygen atoms in total. The maximum absolute atomic E-state index is 11.6. The van der Waals surface area contributed by atoms with Gasteiger partial charge in [-0.2, -0.15) is 0 Å². The number of nitrogens with one attached hydrogen (secondary N) is 1. The van der Waals surface area contributed by atoms with Crippen LogP contribution in [0.3, 0.4) is 0 Å². The van der Waals surface area contributed by atoms with Gasteiger partial charge in [0.1, 0.15) is 0 Å². The predicted molar refractivity (Wildman–Crippen MR) is 75.3 cm³/mol. The van der Waals surface area contributed by atoms with Gasteiger partial charge in [-0.3, -0.25) is 0 Å². The second-order valence-electron chi connectivity index (χ2n) is 3.68. The molecule has 1 aromatic carbocycles. The predicted octanol–water partition coefficient (Wildman–Crippen LogP) is 1.31. The Morgan fingerprint density at radius 2 is 2.32 bits per heavy atom. The molecule has 0 fully saturated rings. The van der Waals surface area contributed by atoms with Crippen molar-refractivity contribution in [3.8, 4) is 5.69 Å². The number of esters is 1. The lowest BCUT2D eigenvalue weighted by atomic mass is 10.1. The Kier molecular flexibility index (Phi) is 3.76. The van der Waals surface area contributed by atoms with Crippen LogP contribution < -0.4 is 11.1 Å². The molecule has 1 heterocycles. The summed E-state index contributed by atoms with van der Waals surface area (Å²) in [6, 6.07) is 5.16. The van der Waals surface area contributed by atoms with Crippen molar-refractivity contribution in [2.45, 2.75) is 0 Å². The number of imidazole rings is 1. The van der Waals surface area contributed by atoms with Crippen LogP contribution in [0, 0.1) is 0 Å². The number of aromatic nitrogens is 2. The van der Waals surface area contributed by atoms with E-state index < -0.39 is 5.97 Å². The highest BCUT2D eigenvalue weighted by molar-refractivity contribution is 7.80. The largest absolute Gasteiger partial charge is 0.465 e. The standard InChI is InChI=1S/C12H12N4O2S/c1-18-11(17)9-3-2-8(16-5-4-14-7-16)6-10(9)15-12(13)19/h2-7H,1H3,(H3,13,15,19). The van der Waals surface area contributed by atoms with Crippen LogP contribution in [0.4, 0.5) is 5.69 Å². The van der Waals surface area contributed by atoms with Gasteiger partial charge in [0.05, 0.1) is 24.7 Å². The third-order valence-electron chi connectivity index (χ3n) is 2.47. The number of hydrogen-bond donors (Lipinski definition) is 2. The van der Waals surface area contributed by atoms with E-state index in [0.29, 0.717) is 11.3 Å². The summed E-state index contributed by atoms with van der Waals surface area (Å²) >= 11 is 4.80. The Hall–Kier alpha value is -2.41. The van der Waals surface area contributed by atoms with Gasteiger partial charge in [-0.15, -0.1) is 0 Å². The van der Waals surface area contributed by atoms with E-state index in [-0.39, 0.29) is 5.11 Å². The lowest BCUT2D eigenvalue weighted by molar-refractivity contribution is 0.0602. The molecule has 0 aliphatic carbocycles. The van der Waals surface area contributed by atoms with Crippen LogP contribution in [0.5, 0.6) is 0 Å². The van der Waals surface area contributed by atoms with E-state index in [1.165, 1.54) is 7.11 Å². The fraction of sp³-hybridized carbons (Fsp3) is 0.0833. The number of benzene rings is 1. The van der Waals surface area contributed by atoms with Gasteiger partial charge in [0, 0.05) is 18.1 Å².